The summed E-state index contributed by atoms with van der Waals surface area (Å²) >= 11 is 0. The summed E-state index contributed by atoms with van der Waals surface area (Å²) in [5, 5.41) is 13.6. The van der Waals surface area contributed by atoms with Crippen molar-refractivity contribution in [3.05, 3.63) is 65.1 Å². The van der Waals surface area contributed by atoms with Crippen molar-refractivity contribution in [1.82, 2.24) is 24.7 Å². The number of aryl methyl sites for hydroxylation is 1. The Balaban J connectivity index is 2.01. The lowest BCUT2D eigenvalue weighted by Crippen LogP contribution is -2.10. The molecule has 3 heterocycles. The van der Waals surface area contributed by atoms with E-state index in [-0.39, 0.29) is 0 Å². The van der Waals surface area contributed by atoms with Crippen molar-refractivity contribution >= 4 is 0 Å². The highest BCUT2D eigenvalue weighted by molar-refractivity contribution is 5.43. The lowest BCUT2D eigenvalue weighted by atomic mass is 10.0. The van der Waals surface area contributed by atoms with E-state index in [9.17, 15) is 5.26 Å². The SMILES string of the molecule is CCCc1c(C)ncnc1Cc1ccnn1-c1ncccc1C#N. The van der Waals surface area contributed by atoms with Gasteiger partial charge in [0.15, 0.2) is 5.82 Å². The number of aromatic nitrogens is 5. The summed E-state index contributed by atoms with van der Waals surface area (Å²) in [6.07, 6.45) is 7.60. The Kier molecular flexibility index (Phi) is 4.62. The first-order valence-electron chi connectivity index (χ1n) is 7.92. The molecule has 0 unspecified atom stereocenters. The molecule has 3 rings (SSSR count). The van der Waals surface area contributed by atoms with Crippen LogP contribution in [0, 0.1) is 18.3 Å². The third kappa shape index (κ3) is 3.01. The summed E-state index contributed by atoms with van der Waals surface area (Å²) in [4.78, 5) is 13.1. The van der Waals surface area contributed by atoms with Crippen LogP contribution in [-0.2, 0) is 12.8 Å². The normalized spacial score (nSPS) is 10.5. The second-order valence-electron chi connectivity index (χ2n) is 5.53. The number of nitriles is 1. The van der Waals surface area contributed by atoms with Gasteiger partial charge in [0.1, 0.15) is 12.4 Å². The molecule has 0 N–H and O–H groups in total. The van der Waals surface area contributed by atoms with Crippen LogP contribution in [0.3, 0.4) is 0 Å². The van der Waals surface area contributed by atoms with E-state index >= 15 is 0 Å². The molecule has 0 aliphatic heterocycles. The monoisotopic (exact) mass is 318 g/mol. The van der Waals surface area contributed by atoms with Gasteiger partial charge < -0.3 is 0 Å². The predicted octanol–water partition coefficient (Wildman–Crippen LogP) is 2.78. The van der Waals surface area contributed by atoms with E-state index < -0.39 is 0 Å². The smallest absolute Gasteiger partial charge is 0.171 e. The Hall–Kier alpha value is -3.07. The largest absolute Gasteiger partial charge is 0.241 e. The summed E-state index contributed by atoms with van der Waals surface area (Å²) in [6.45, 7) is 4.16. The van der Waals surface area contributed by atoms with E-state index in [4.69, 9.17) is 0 Å². The summed E-state index contributed by atoms with van der Waals surface area (Å²) in [6, 6.07) is 7.59. The lowest BCUT2D eigenvalue weighted by molar-refractivity contribution is 0.775. The number of pyridine rings is 1. The van der Waals surface area contributed by atoms with E-state index in [0.29, 0.717) is 17.8 Å². The standard InChI is InChI=1S/C18H18N6/c1-3-5-16-13(2)21-12-22-17(16)10-15-7-9-23-24(15)18-14(11-19)6-4-8-20-18/h4,6-9,12H,3,5,10H2,1-2H3. The molecule has 0 aliphatic carbocycles. The molecule has 6 heteroatoms. The molecule has 0 saturated heterocycles. The summed E-state index contributed by atoms with van der Waals surface area (Å²) in [5.41, 5.74) is 4.65. The Morgan fingerprint density at radius 1 is 1.17 bits per heavy atom. The van der Waals surface area contributed by atoms with E-state index in [2.05, 4.69) is 33.0 Å². The van der Waals surface area contributed by atoms with Crippen LogP contribution in [0.5, 0.6) is 0 Å². The van der Waals surface area contributed by atoms with E-state index in [1.165, 1.54) is 5.56 Å². The molecule has 0 fully saturated rings. The van der Waals surface area contributed by atoms with Gasteiger partial charge in [0.25, 0.3) is 0 Å². The van der Waals surface area contributed by atoms with Gasteiger partial charge in [-0.25, -0.2) is 19.6 Å². The van der Waals surface area contributed by atoms with Crippen molar-refractivity contribution in [3.63, 3.8) is 0 Å². The Labute approximate surface area is 140 Å². The highest BCUT2D eigenvalue weighted by Gasteiger charge is 2.14. The quantitative estimate of drug-likeness (QED) is 0.722. The first-order valence-corrected chi connectivity index (χ1v) is 7.92. The molecule has 0 saturated carbocycles. The van der Waals surface area contributed by atoms with Crippen molar-refractivity contribution in [1.29, 1.82) is 5.26 Å². The van der Waals surface area contributed by atoms with Crippen LogP contribution in [0.25, 0.3) is 5.82 Å². The molecule has 6 nitrogen and oxygen atoms in total. The summed E-state index contributed by atoms with van der Waals surface area (Å²) in [7, 11) is 0. The van der Waals surface area contributed by atoms with Gasteiger partial charge in [-0.1, -0.05) is 13.3 Å². The predicted molar refractivity (Wildman–Crippen MR) is 89.6 cm³/mol. The minimum Gasteiger partial charge on any atom is -0.241 e. The van der Waals surface area contributed by atoms with E-state index in [0.717, 1.165) is 29.9 Å². The molecular weight excluding hydrogens is 300 g/mol. The lowest BCUT2D eigenvalue weighted by Gasteiger charge is -2.11. The average molecular weight is 318 g/mol. The molecule has 0 amide bonds. The maximum Gasteiger partial charge on any atom is 0.171 e. The van der Waals surface area contributed by atoms with Crippen molar-refractivity contribution in [2.45, 2.75) is 33.1 Å². The second-order valence-corrected chi connectivity index (χ2v) is 5.53. The van der Waals surface area contributed by atoms with Gasteiger partial charge in [0.05, 0.1) is 17.0 Å². The van der Waals surface area contributed by atoms with Crippen molar-refractivity contribution < 1.29 is 0 Å². The zero-order chi connectivity index (χ0) is 16.9. The van der Waals surface area contributed by atoms with Crippen LogP contribution in [-0.4, -0.2) is 24.7 Å². The van der Waals surface area contributed by atoms with Gasteiger partial charge in [-0.05, 0) is 37.1 Å². The Bertz CT molecular complexity index is 891. The third-order valence-electron chi connectivity index (χ3n) is 3.93. The van der Waals surface area contributed by atoms with Gasteiger partial charge in [-0.2, -0.15) is 10.4 Å². The minimum absolute atomic E-state index is 0.495. The number of rotatable bonds is 5. The fourth-order valence-electron chi connectivity index (χ4n) is 2.76. The summed E-state index contributed by atoms with van der Waals surface area (Å²) < 4.78 is 1.71. The van der Waals surface area contributed by atoms with Gasteiger partial charge in [0, 0.05) is 24.5 Å². The molecule has 0 bridgehead atoms. The molecular formula is C18H18N6. The van der Waals surface area contributed by atoms with Crippen LogP contribution >= 0.6 is 0 Å². The summed E-state index contributed by atoms with van der Waals surface area (Å²) in [5.74, 6) is 0.544. The van der Waals surface area contributed by atoms with E-state index in [1.807, 2.05) is 13.0 Å². The molecule has 0 radical (unpaired) electrons. The van der Waals surface area contributed by atoms with Crippen molar-refractivity contribution in [2.24, 2.45) is 0 Å². The van der Waals surface area contributed by atoms with Crippen molar-refractivity contribution in [2.75, 3.05) is 0 Å². The Morgan fingerprint density at radius 2 is 2.04 bits per heavy atom. The number of hydrogen-bond acceptors (Lipinski definition) is 5. The van der Waals surface area contributed by atoms with Gasteiger partial charge >= 0.3 is 0 Å². The second kappa shape index (κ2) is 7.01. The molecule has 3 aromatic heterocycles. The molecule has 0 spiro atoms. The fourth-order valence-corrected chi connectivity index (χ4v) is 2.76. The van der Waals surface area contributed by atoms with Crippen LogP contribution in [0.1, 0.15) is 41.6 Å². The molecule has 24 heavy (non-hydrogen) atoms. The van der Waals surface area contributed by atoms with Gasteiger partial charge in [-0.3, -0.25) is 0 Å². The maximum atomic E-state index is 9.30. The highest BCUT2D eigenvalue weighted by atomic mass is 15.3. The topological polar surface area (TPSA) is 80.3 Å². The Morgan fingerprint density at radius 3 is 2.83 bits per heavy atom. The molecule has 0 aliphatic rings. The number of nitrogens with zero attached hydrogens (tertiary/aromatic N) is 6. The number of hydrogen-bond donors (Lipinski definition) is 0. The van der Waals surface area contributed by atoms with Gasteiger partial charge in [-0.15, -0.1) is 0 Å². The van der Waals surface area contributed by atoms with Gasteiger partial charge in [0.2, 0.25) is 0 Å². The van der Waals surface area contributed by atoms with Crippen LogP contribution in [0.4, 0.5) is 0 Å². The van der Waals surface area contributed by atoms with E-state index in [1.54, 1.807) is 35.5 Å². The zero-order valence-electron chi connectivity index (χ0n) is 13.8. The maximum absolute atomic E-state index is 9.30. The average Bonchev–Trinajstić information content (AvgIpc) is 3.06. The first kappa shape index (κ1) is 15.8. The van der Waals surface area contributed by atoms with Crippen LogP contribution < -0.4 is 0 Å². The van der Waals surface area contributed by atoms with Crippen LogP contribution in [0.15, 0.2) is 36.9 Å². The first-order chi connectivity index (χ1) is 11.7. The minimum atomic E-state index is 0.495. The molecule has 0 atom stereocenters. The highest BCUT2D eigenvalue weighted by Crippen LogP contribution is 2.19. The van der Waals surface area contributed by atoms with Crippen LogP contribution in [0.2, 0.25) is 0 Å². The molecule has 0 aromatic carbocycles. The molecule has 3 aromatic rings. The zero-order valence-corrected chi connectivity index (χ0v) is 13.8. The van der Waals surface area contributed by atoms with Crippen molar-refractivity contribution in [3.8, 4) is 11.9 Å². The third-order valence-corrected chi connectivity index (χ3v) is 3.93. The molecule has 120 valence electrons. The fraction of sp³-hybridized carbons (Fsp3) is 0.278.